The van der Waals surface area contributed by atoms with Crippen molar-refractivity contribution in [3.63, 3.8) is 0 Å². The minimum absolute atomic E-state index is 0.0178. The third-order valence-corrected chi connectivity index (χ3v) is 3.09. The van der Waals surface area contributed by atoms with Crippen LogP contribution in [-0.2, 0) is 9.53 Å². The van der Waals surface area contributed by atoms with Crippen molar-refractivity contribution in [1.82, 2.24) is 5.32 Å². The number of aliphatic hydroxyl groups excluding tert-OH is 1. The zero-order chi connectivity index (χ0) is 12.6. The standard InChI is InChI=1S/C12H20N2O3/c13-10-12(4-1-2-5-12)11(16)14-6-3-8-17-9-7-15/h15H,1-9H2,(H,14,16). The first-order valence-electron chi connectivity index (χ1n) is 6.13. The molecule has 5 heteroatoms. The number of aliphatic hydroxyl groups is 1. The van der Waals surface area contributed by atoms with Gasteiger partial charge in [-0.3, -0.25) is 4.79 Å². The average molecular weight is 240 g/mol. The van der Waals surface area contributed by atoms with Crippen LogP contribution in [0, 0.1) is 16.7 Å². The molecule has 1 aliphatic carbocycles. The molecule has 0 heterocycles. The average Bonchev–Trinajstić information content (AvgIpc) is 2.83. The van der Waals surface area contributed by atoms with Gasteiger partial charge < -0.3 is 15.2 Å². The van der Waals surface area contributed by atoms with Gasteiger partial charge in [-0.2, -0.15) is 5.26 Å². The molecule has 0 saturated heterocycles. The molecule has 96 valence electrons. The van der Waals surface area contributed by atoms with Crippen molar-refractivity contribution in [1.29, 1.82) is 5.26 Å². The minimum atomic E-state index is -0.786. The third kappa shape index (κ3) is 3.99. The smallest absolute Gasteiger partial charge is 0.240 e. The van der Waals surface area contributed by atoms with Crippen molar-refractivity contribution >= 4 is 5.91 Å². The number of nitrogens with one attached hydrogen (secondary N) is 1. The summed E-state index contributed by atoms with van der Waals surface area (Å²) in [6, 6.07) is 2.16. The fourth-order valence-electron chi connectivity index (χ4n) is 2.08. The predicted molar refractivity (Wildman–Crippen MR) is 62.0 cm³/mol. The molecular weight excluding hydrogens is 220 g/mol. The van der Waals surface area contributed by atoms with E-state index in [4.69, 9.17) is 15.1 Å². The van der Waals surface area contributed by atoms with E-state index in [1.807, 2.05) is 0 Å². The van der Waals surface area contributed by atoms with Crippen LogP contribution in [0.5, 0.6) is 0 Å². The maximum absolute atomic E-state index is 11.9. The van der Waals surface area contributed by atoms with Crippen molar-refractivity contribution < 1.29 is 14.6 Å². The second-order valence-corrected chi connectivity index (χ2v) is 4.35. The number of rotatable bonds is 7. The molecular formula is C12H20N2O3. The van der Waals surface area contributed by atoms with Crippen LogP contribution < -0.4 is 5.32 Å². The Hall–Kier alpha value is -1.12. The summed E-state index contributed by atoms with van der Waals surface area (Å²) in [6.45, 7) is 1.38. The summed E-state index contributed by atoms with van der Waals surface area (Å²) < 4.78 is 5.08. The minimum Gasteiger partial charge on any atom is -0.394 e. The van der Waals surface area contributed by atoms with Gasteiger partial charge in [-0.1, -0.05) is 12.8 Å². The topological polar surface area (TPSA) is 82.4 Å². The van der Waals surface area contributed by atoms with E-state index in [1.54, 1.807) is 0 Å². The van der Waals surface area contributed by atoms with Gasteiger partial charge in [-0.15, -0.1) is 0 Å². The molecule has 17 heavy (non-hydrogen) atoms. The lowest BCUT2D eigenvalue weighted by atomic mass is 9.87. The van der Waals surface area contributed by atoms with Crippen LogP contribution in [-0.4, -0.2) is 37.4 Å². The summed E-state index contributed by atoms with van der Waals surface area (Å²) in [5.74, 6) is -0.139. The van der Waals surface area contributed by atoms with Gasteiger partial charge in [0.25, 0.3) is 0 Å². The van der Waals surface area contributed by atoms with E-state index in [-0.39, 0.29) is 12.5 Å². The lowest BCUT2D eigenvalue weighted by Crippen LogP contribution is -2.38. The van der Waals surface area contributed by atoms with Crippen molar-refractivity contribution in [2.45, 2.75) is 32.1 Å². The molecule has 0 aliphatic heterocycles. The van der Waals surface area contributed by atoms with E-state index in [2.05, 4.69) is 11.4 Å². The van der Waals surface area contributed by atoms with Gasteiger partial charge >= 0.3 is 0 Å². The number of nitrogens with zero attached hydrogens (tertiary/aromatic N) is 1. The highest BCUT2D eigenvalue weighted by Crippen LogP contribution is 2.37. The van der Waals surface area contributed by atoms with E-state index in [0.717, 1.165) is 12.8 Å². The van der Waals surface area contributed by atoms with Gasteiger partial charge in [0.1, 0.15) is 5.41 Å². The van der Waals surface area contributed by atoms with Crippen LogP contribution in [0.4, 0.5) is 0 Å². The molecule has 1 saturated carbocycles. The molecule has 1 rings (SSSR count). The van der Waals surface area contributed by atoms with Gasteiger partial charge in [-0.25, -0.2) is 0 Å². The fourth-order valence-corrected chi connectivity index (χ4v) is 2.08. The second-order valence-electron chi connectivity index (χ2n) is 4.35. The lowest BCUT2D eigenvalue weighted by Gasteiger charge is -2.19. The van der Waals surface area contributed by atoms with Gasteiger partial charge in [0.05, 0.1) is 19.3 Å². The molecule has 2 N–H and O–H groups in total. The molecule has 0 bridgehead atoms. The Labute approximate surface area is 102 Å². The Morgan fingerprint density at radius 3 is 2.71 bits per heavy atom. The molecule has 0 aromatic carbocycles. The van der Waals surface area contributed by atoms with Gasteiger partial charge in [0.2, 0.25) is 5.91 Å². The molecule has 0 aromatic heterocycles. The summed E-state index contributed by atoms with van der Waals surface area (Å²) in [5, 5.41) is 20.4. The van der Waals surface area contributed by atoms with Crippen LogP contribution in [0.15, 0.2) is 0 Å². The van der Waals surface area contributed by atoms with E-state index < -0.39 is 5.41 Å². The molecule has 0 spiro atoms. The summed E-state index contributed by atoms with van der Waals surface area (Å²) in [4.78, 5) is 11.9. The quantitative estimate of drug-likeness (QED) is 0.638. The number of ether oxygens (including phenoxy) is 1. The first-order valence-corrected chi connectivity index (χ1v) is 6.13. The molecule has 0 aromatic rings. The molecule has 0 radical (unpaired) electrons. The summed E-state index contributed by atoms with van der Waals surface area (Å²) in [5.41, 5.74) is -0.786. The largest absolute Gasteiger partial charge is 0.394 e. The van der Waals surface area contributed by atoms with Gasteiger partial charge in [-0.05, 0) is 19.3 Å². The summed E-state index contributed by atoms with van der Waals surface area (Å²) >= 11 is 0. The molecule has 1 aliphatic rings. The Morgan fingerprint density at radius 2 is 2.12 bits per heavy atom. The molecule has 5 nitrogen and oxygen atoms in total. The normalized spacial score (nSPS) is 17.6. The molecule has 1 fully saturated rings. The molecule has 0 unspecified atom stereocenters. The van der Waals surface area contributed by atoms with E-state index in [1.165, 1.54) is 0 Å². The van der Waals surface area contributed by atoms with Crippen LogP contribution >= 0.6 is 0 Å². The number of amides is 1. The van der Waals surface area contributed by atoms with Crippen LogP contribution in [0.2, 0.25) is 0 Å². The van der Waals surface area contributed by atoms with E-state index in [9.17, 15) is 4.79 Å². The molecule has 1 amide bonds. The number of hydrogen-bond acceptors (Lipinski definition) is 4. The monoisotopic (exact) mass is 240 g/mol. The molecule has 0 atom stereocenters. The summed E-state index contributed by atoms with van der Waals surface area (Å²) in [6.07, 6.45) is 3.97. The second kappa shape index (κ2) is 7.25. The van der Waals surface area contributed by atoms with E-state index in [0.29, 0.717) is 39.0 Å². The highest BCUT2D eigenvalue weighted by atomic mass is 16.5. The maximum atomic E-state index is 11.9. The zero-order valence-electron chi connectivity index (χ0n) is 10.1. The van der Waals surface area contributed by atoms with Crippen molar-refractivity contribution in [3.8, 4) is 6.07 Å². The summed E-state index contributed by atoms with van der Waals surface area (Å²) in [7, 11) is 0. The maximum Gasteiger partial charge on any atom is 0.240 e. The van der Waals surface area contributed by atoms with Crippen LogP contribution in [0.3, 0.4) is 0 Å². The van der Waals surface area contributed by atoms with Gasteiger partial charge in [0.15, 0.2) is 0 Å². The van der Waals surface area contributed by atoms with Crippen LogP contribution in [0.1, 0.15) is 32.1 Å². The Kier molecular flexibility index (Phi) is 5.95. The Morgan fingerprint density at radius 1 is 1.41 bits per heavy atom. The van der Waals surface area contributed by atoms with E-state index >= 15 is 0 Å². The number of hydrogen-bond donors (Lipinski definition) is 2. The highest BCUT2D eigenvalue weighted by molar-refractivity contribution is 5.85. The lowest BCUT2D eigenvalue weighted by molar-refractivity contribution is -0.128. The number of carbonyl (C=O) groups excluding carboxylic acids is 1. The zero-order valence-corrected chi connectivity index (χ0v) is 10.1. The predicted octanol–water partition coefficient (Wildman–Crippen LogP) is 0.586. The number of nitriles is 1. The Bertz CT molecular complexity index is 280. The Balaban J connectivity index is 2.18. The fraction of sp³-hybridized carbons (Fsp3) is 0.833. The first-order chi connectivity index (χ1) is 8.25. The van der Waals surface area contributed by atoms with Crippen molar-refractivity contribution in [2.24, 2.45) is 5.41 Å². The highest BCUT2D eigenvalue weighted by Gasteiger charge is 2.41. The first kappa shape index (κ1) is 13.9. The van der Waals surface area contributed by atoms with Crippen molar-refractivity contribution in [3.05, 3.63) is 0 Å². The van der Waals surface area contributed by atoms with Crippen molar-refractivity contribution in [2.75, 3.05) is 26.4 Å². The SMILES string of the molecule is N#CC1(C(=O)NCCCOCCO)CCCC1. The van der Waals surface area contributed by atoms with Crippen LogP contribution in [0.25, 0.3) is 0 Å². The third-order valence-electron chi connectivity index (χ3n) is 3.09. The number of carbonyl (C=O) groups is 1. The van der Waals surface area contributed by atoms with Gasteiger partial charge in [0, 0.05) is 13.2 Å².